The van der Waals surface area contributed by atoms with Crippen LogP contribution in [-0.4, -0.2) is 35.6 Å². The molecule has 2 aliphatic carbocycles. The first kappa shape index (κ1) is 24.9. The van der Waals surface area contributed by atoms with Crippen molar-refractivity contribution >= 4 is 17.3 Å². The Balaban J connectivity index is 1.53. The van der Waals surface area contributed by atoms with Crippen LogP contribution in [0.2, 0.25) is 0 Å². The molecule has 1 fully saturated rings. The highest BCUT2D eigenvalue weighted by molar-refractivity contribution is 6.45. The standard InChI is InChI=1S/C29H33NO5/c1-17(2)27(26-15-21(34-3)16-35-26)29(33)24-14-20(31)13-23(24)22-11-7-10-19(22)12-25(32)28(30)18-8-5-4-6-9-18/h4-11,15-17,19-20,23-24,27,30-31H,12-14H2,1-3H3/t19?,20-,23+,24?,27?/m1/s1. The molecule has 1 aromatic heterocycles. The lowest BCUT2D eigenvalue weighted by Crippen LogP contribution is -2.30. The van der Waals surface area contributed by atoms with Gasteiger partial charge in [-0.2, -0.15) is 0 Å². The highest BCUT2D eigenvalue weighted by atomic mass is 16.5. The van der Waals surface area contributed by atoms with Crippen molar-refractivity contribution in [3.05, 3.63) is 77.8 Å². The molecule has 0 bridgehead atoms. The van der Waals surface area contributed by atoms with Crippen LogP contribution in [0, 0.1) is 29.1 Å². The van der Waals surface area contributed by atoms with Gasteiger partial charge in [-0.1, -0.05) is 68.0 Å². The van der Waals surface area contributed by atoms with E-state index < -0.39 is 12.0 Å². The molecule has 35 heavy (non-hydrogen) atoms. The number of aliphatic hydroxyl groups excluding tert-OH is 1. The minimum absolute atomic E-state index is 0.00373. The van der Waals surface area contributed by atoms with Crippen molar-refractivity contribution < 1.29 is 23.8 Å². The predicted octanol–water partition coefficient (Wildman–Crippen LogP) is 5.12. The molecule has 0 amide bonds. The Morgan fingerprint density at radius 2 is 1.94 bits per heavy atom. The van der Waals surface area contributed by atoms with Crippen LogP contribution in [0.25, 0.3) is 0 Å². The van der Waals surface area contributed by atoms with Crippen LogP contribution in [0.4, 0.5) is 0 Å². The number of Topliss-reactive ketones (excluding diaryl/α,β-unsaturated/α-hetero) is 2. The van der Waals surface area contributed by atoms with Crippen LogP contribution in [0.1, 0.15) is 50.4 Å². The first-order valence-corrected chi connectivity index (χ1v) is 12.2. The maximum atomic E-state index is 13.9. The van der Waals surface area contributed by atoms with Gasteiger partial charge in [-0.25, -0.2) is 0 Å². The van der Waals surface area contributed by atoms with E-state index in [1.165, 1.54) is 6.26 Å². The van der Waals surface area contributed by atoms with Crippen molar-refractivity contribution in [3.8, 4) is 5.75 Å². The van der Waals surface area contributed by atoms with Gasteiger partial charge in [0, 0.05) is 29.9 Å². The second-order valence-electron chi connectivity index (χ2n) is 9.88. The number of hydrogen-bond acceptors (Lipinski definition) is 6. The molecular formula is C29H33NO5. The van der Waals surface area contributed by atoms with E-state index in [4.69, 9.17) is 14.6 Å². The number of ether oxygens (including phenoxy) is 1. The molecule has 0 radical (unpaired) electrons. The third kappa shape index (κ3) is 5.22. The summed E-state index contributed by atoms with van der Waals surface area (Å²) in [5.41, 5.74) is 1.59. The molecule has 0 saturated heterocycles. The van der Waals surface area contributed by atoms with Gasteiger partial charge in [0.25, 0.3) is 0 Å². The molecule has 1 aromatic carbocycles. The summed E-state index contributed by atoms with van der Waals surface area (Å²) >= 11 is 0. The minimum atomic E-state index is -0.576. The van der Waals surface area contributed by atoms with Gasteiger partial charge < -0.3 is 14.3 Å². The average molecular weight is 476 g/mol. The summed E-state index contributed by atoms with van der Waals surface area (Å²) in [4.78, 5) is 26.8. The number of carbonyl (C=O) groups excluding carboxylic acids is 2. The van der Waals surface area contributed by atoms with E-state index in [0.29, 0.717) is 29.9 Å². The molecule has 6 nitrogen and oxygen atoms in total. The molecule has 4 rings (SSSR count). The molecule has 2 aliphatic rings. The maximum absolute atomic E-state index is 13.9. The van der Waals surface area contributed by atoms with Crippen LogP contribution in [0.3, 0.4) is 0 Å². The van der Waals surface area contributed by atoms with Crippen LogP contribution in [0.5, 0.6) is 5.75 Å². The summed E-state index contributed by atoms with van der Waals surface area (Å²) in [5, 5.41) is 18.9. The van der Waals surface area contributed by atoms with Crippen LogP contribution >= 0.6 is 0 Å². The number of carbonyl (C=O) groups is 2. The molecule has 184 valence electrons. The zero-order valence-electron chi connectivity index (χ0n) is 20.4. The second kappa shape index (κ2) is 10.6. The first-order valence-electron chi connectivity index (χ1n) is 12.2. The lowest BCUT2D eigenvalue weighted by Gasteiger charge is -2.28. The average Bonchev–Trinajstić information content (AvgIpc) is 3.58. The molecule has 2 N–H and O–H groups in total. The van der Waals surface area contributed by atoms with Gasteiger partial charge in [-0.3, -0.25) is 15.0 Å². The zero-order chi connectivity index (χ0) is 25.1. The largest absolute Gasteiger partial charge is 0.493 e. The normalized spacial score (nSPS) is 24.4. The number of rotatable bonds is 10. The summed E-state index contributed by atoms with van der Waals surface area (Å²) < 4.78 is 10.9. The topological polar surface area (TPSA) is 101 Å². The van der Waals surface area contributed by atoms with Gasteiger partial charge >= 0.3 is 0 Å². The number of allylic oxidation sites excluding steroid dienone is 4. The fraction of sp³-hybridized carbons (Fsp3) is 0.414. The number of methoxy groups -OCH3 is 1. The molecule has 3 unspecified atom stereocenters. The summed E-state index contributed by atoms with van der Waals surface area (Å²) in [6.45, 7) is 3.98. The van der Waals surface area contributed by atoms with Crippen molar-refractivity contribution in [2.45, 2.75) is 45.1 Å². The maximum Gasteiger partial charge on any atom is 0.181 e. The molecular weight excluding hydrogens is 442 g/mol. The number of nitrogens with one attached hydrogen (secondary N) is 1. The minimum Gasteiger partial charge on any atom is -0.493 e. The number of ketones is 2. The zero-order valence-corrected chi connectivity index (χ0v) is 20.4. The number of furan rings is 1. The van der Waals surface area contributed by atoms with E-state index in [9.17, 15) is 14.7 Å². The van der Waals surface area contributed by atoms with Crippen molar-refractivity contribution in [2.24, 2.45) is 23.7 Å². The second-order valence-corrected chi connectivity index (χ2v) is 9.88. The monoisotopic (exact) mass is 475 g/mol. The van der Waals surface area contributed by atoms with Gasteiger partial charge in [-0.15, -0.1) is 0 Å². The van der Waals surface area contributed by atoms with Gasteiger partial charge in [0.05, 0.1) is 19.1 Å². The van der Waals surface area contributed by atoms with E-state index in [-0.39, 0.29) is 47.4 Å². The summed E-state index contributed by atoms with van der Waals surface area (Å²) in [6.07, 6.45) is 7.84. The summed E-state index contributed by atoms with van der Waals surface area (Å²) in [7, 11) is 1.56. The van der Waals surface area contributed by atoms with Crippen molar-refractivity contribution in [3.63, 3.8) is 0 Å². The number of hydrogen-bond donors (Lipinski definition) is 2. The van der Waals surface area contributed by atoms with E-state index in [1.54, 1.807) is 25.3 Å². The van der Waals surface area contributed by atoms with Crippen LogP contribution in [-0.2, 0) is 9.59 Å². The van der Waals surface area contributed by atoms with Crippen LogP contribution in [0.15, 0.2) is 70.9 Å². The molecule has 1 heterocycles. The Bertz CT molecular complexity index is 1140. The molecule has 1 saturated carbocycles. The lowest BCUT2D eigenvalue weighted by atomic mass is 9.74. The Labute approximate surface area is 206 Å². The third-order valence-corrected chi connectivity index (χ3v) is 7.25. The van der Waals surface area contributed by atoms with Gasteiger partial charge in [-0.05, 0) is 24.7 Å². The smallest absolute Gasteiger partial charge is 0.181 e. The highest BCUT2D eigenvalue weighted by Crippen LogP contribution is 2.46. The highest BCUT2D eigenvalue weighted by Gasteiger charge is 2.45. The van der Waals surface area contributed by atoms with Crippen molar-refractivity contribution in [2.75, 3.05) is 7.11 Å². The van der Waals surface area contributed by atoms with Gasteiger partial charge in [0.2, 0.25) is 0 Å². The predicted molar refractivity (Wildman–Crippen MR) is 134 cm³/mol. The van der Waals surface area contributed by atoms with Gasteiger partial charge in [0.1, 0.15) is 23.5 Å². The SMILES string of the molecule is COc1coc(C(C(=O)C2C[C@H](O)C[C@H]2C2=CC=CC2CC(=O)C(=N)c2ccccc2)C(C)C)c1. The van der Waals surface area contributed by atoms with Gasteiger partial charge in [0.15, 0.2) is 11.5 Å². The van der Waals surface area contributed by atoms with E-state index in [1.807, 2.05) is 50.3 Å². The number of aliphatic hydroxyl groups is 1. The Hall–Kier alpha value is -3.25. The van der Waals surface area contributed by atoms with E-state index >= 15 is 0 Å². The summed E-state index contributed by atoms with van der Waals surface area (Å²) in [5.74, 6) is -0.184. The fourth-order valence-corrected chi connectivity index (χ4v) is 5.51. The fourth-order valence-electron chi connectivity index (χ4n) is 5.51. The van der Waals surface area contributed by atoms with E-state index in [2.05, 4.69) is 0 Å². The molecule has 0 aliphatic heterocycles. The summed E-state index contributed by atoms with van der Waals surface area (Å²) in [6, 6.07) is 10.8. The molecule has 5 atom stereocenters. The Morgan fingerprint density at radius 3 is 2.60 bits per heavy atom. The third-order valence-electron chi connectivity index (χ3n) is 7.25. The van der Waals surface area contributed by atoms with E-state index in [0.717, 1.165) is 5.57 Å². The molecule has 6 heteroatoms. The first-order chi connectivity index (χ1) is 16.8. The molecule has 2 aromatic rings. The number of benzene rings is 1. The van der Waals surface area contributed by atoms with Crippen LogP contribution < -0.4 is 4.74 Å². The Kier molecular flexibility index (Phi) is 7.51. The molecule has 0 spiro atoms. The van der Waals surface area contributed by atoms with Crippen molar-refractivity contribution in [1.29, 1.82) is 5.41 Å². The van der Waals surface area contributed by atoms with Crippen molar-refractivity contribution in [1.82, 2.24) is 0 Å². The Morgan fingerprint density at radius 1 is 1.20 bits per heavy atom. The quantitative estimate of drug-likeness (QED) is 0.464. The lowest BCUT2D eigenvalue weighted by molar-refractivity contribution is -0.126.